The van der Waals surface area contributed by atoms with Gasteiger partial charge in [-0.25, -0.2) is 4.79 Å². The van der Waals surface area contributed by atoms with Gasteiger partial charge in [-0.1, -0.05) is 35.0 Å². The van der Waals surface area contributed by atoms with Crippen LogP contribution in [0.15, 0.2) is 28.7 Å². The van der Waals surface area contributed by atoms with Crippen LogP contribution in [0.25, 0.3) is 0 Å². The van der Waals surface area contributed by atoms with E-state index in [9.17, 15) is 13.2 Å². The first kappa shape index (κ1) is 21.2. The smallest absolute Gasteiger partial charge is 0.410 e. The summed E-state index contributed by atoms with van der Waals surface area (Å²) in [6.07, 6.45) is 3.23. The van der Waals surface area contributed by atoms with Crippen LogP contribution in [-0.2, 0) is 19.0 Å². The monoisotopic (exact) mass is 447 g/mol. The van der Waals surface area contributed by atoms with E-state index in [1.807, 2.05) is 38.1 Å². The van der Waals surface area contributed by atoms with Gasteiger partial charge in [-0.05, 0) is 43.9 Å². The summed E-state index contributed by atoms with van der Waals surface area (Å²) in [6.45, 7) is 4.69. The second-order valence-electron chi connectivity index (χ2n) is 6.71. The van der Waals surface area contributed by atoms with Crippen LogP contribution in [0.2, 0.25) is 0 Å². The Morgan fingerprint density at radius 2 is 2.00 bits per heavy atom. The predicted octanol–water partition coefficient (Wildman–Crippen LogP) is 4.26. The number of rotatable bonds is 8. The van der Waals surface area contributed by atoms with Crippen LogP contribution < -0.4 is 0 Å². The van der Waals surface area contributed by atoms with Crippen molar-refractivity contribution in [2.45, 2.75) is 51.2 Å². The second-order valence-corrected chi connectivity index (χ2v) is 9.26. The molecule has 1 heterocycles. The summed E-state index contributed by atoms with van der Waals surface area (Å²) < 4.78 is 33.7. The summed E-state index contributed by atoms with van der Waals surface area (Å²) >= 11 is 3.42. The molecule has 0 radical (unpaired) electrons. The fourth-order valence-corrected chi connectivity index (χ4v) is 3.87. The second kappa shape index (κ2) is 8.71. The lowest BCUT2D eigenvalue weighted by Gasteiger charge is -2.43. The maximum Gasteiger partial charge on any atom is 0.410 e. The van der Waals surface area contributed by atoms with E-state index in [-0.39, 0.29) is 18.7 Å². The number of amides is 1. The summed E-state index contributed by atoms with van der Waals surface area (Å²) in [6, 6.07) is 7.83. The zero-order chi connectivity index (χ0) is 19.4. The number of carbonyl (C=O) groups is 1. The molecule has 8 heteroatoms. The minimum atomic E-state index is -3.44. The van der Waals surface area contributed by atoms with Gasteiger partial charge in [0.15, 0.2) is 0 Å². The molecule has 1 fully saturated rings. The lowest BCUT2D eigenvalue weighted by atomic mass is 9.89. The number of nitrogens with zero attached hydrogens (tertiary/aromatic N) is 1. The first-order valence-electron chi connectivity index (χ1n) is 8.75. The predicted molar refractivity (Wildman–Crippen MR) is 103 cm³/mol. The van der Waals surface area contributed by atoms with Crippen LogP contribution in [0.3, 0.4) is 0 Å². The zero-order valence-corrected chi connectivity index (χ0v) is 17.8. The molecule has 0 saturated carbocycles. The van der Waals surface area contributed by atoms with Crippen LogP contribution in [0.5, 0.6) is 0 Å². The molecule has 146 valence electrons. The molecule has 1 aliphatic heterocycles. The fourth-order valence-electron chi connectivity index (χ4n) is 3.19. The van der Waals surface area contributed by atoms with Crippen molar-refractivity contribution in [2.24, 2.45) is 0 Å². The Morgan fingerprint density at radius 1 is 1.35 bits per heavy atom. The molecule has 26 heavy (non-hydrogen) atoms. The third kappa shape index (κ3) is 5.69. The Hall–Kier alpha value is -1.12. The highest BCUT2D eigenvalue weighted by Crippen LogP contribution is 2.35. The van der Waals surface area contributed by atoms with Gasteiger partial charge in [0.1, 0.15) is 5.60 Å². The molecule has 1 saturated heterocycles. The molecule has 0 aromatic heterocycles. The Labute approximate surface area is 164 Å². The first-order chi connectivity index (χ1) is 12.2. The number of hydrogen-bond donors (Lipinski definition) is 0. The third-order valence-electron chi connectivity index (χ3n) is 4.89. The van der Waals surface area contributed by atoms with E-state index in [0.29, 0.717) is 25.8 Å². The number of hydrogen-bond acceptors (Lipinski definition) is 5. The highest BCUT2D eigenvalue weighted by atomic mass is 79.9. The highest BCUT2D eigenvalue weighted by Gasteiger charge is 2.40. The van der Waals surface area contributed by atoms with E-state index in [1.165, 1.54) is 0 Å². The molecule has 1 aliphatic rings. The number of halogens is 1. The van der Waals surface area contributed by atoms with Crippen LogP contribution >= 0.6 is 15.9 Å². The van der Waals surface area contributed by atoms with Crippen molar-refractivity contribution in [2.75, 3.05) is 19.4 Å². The van der Waals surface area contributed by atoms with Gasteiger partial charge in [-0.3, -0.25) is 4.18 Å². The molecular weight excluding hydrogens is 422 g/mol. The fraction of sp³-hybridized carbons (Fsp3) is 0.611. The highest BCUT2D eigenvalue weighted by molar-refractivity contribution is 9.10. The van der Waals surface area contributed by atoms with Crippen LogP contribution in [0.4, 0.5) is 4.79 Å². The molecule has 1 amide bonds. The van der Waals surface area contributed by atoms with E-state index < -0.39 is 15.7 Å². The van der Waals surface area contributed by atoms with Crippen molar-refractivity contribution in [3.63, 3.8) is 0 Å². The summed E-state index contributed by atoms with van der Waals surface area (Å²) in [5.41, 5.74) is 0.504. The maximum absolute atomic E-state index is 12.6. The Bertz CT molecular complexity index is 722. The normalized spacial score (nSPS) is 22.2. The summed E-state index contributed by atoms with van der Waals surface area (Å²) in [5.74, 6) is 0. The van der Waals surface area contributed by atoms with E-state index in [0.717, 1.165) is 22.7 Å². The number of ether oxygens (including phenoxy) is 1. The summed E-state index contributed by atoms with van der Waals surface area (Å²) in [7, 11) is -3.44. The number of cyclic esters (lactones) is 1. The topological polar surface area (TPSA) is 72.9 Å². The number of carbonyl (C=O) groups excluding carboxylic acids is 1. The zero-order valence-electron chi connectivity index (χ0n) is 15.4. The quantitative estimate of drug-likeness (QED) is 0.439. The average molecular weight is 448 g/mol. The van der Waals surface area contributed by atoms with Gasteiger partial charge in [-0.15, -0.1) is 0 Å². The van der Waals surface area contributed by atoms with Gasteiger partial charge in [0, 0.05) is 17.4 Å². The summed E-state index contributed by atoms with van der Waals surface area (Å²) in [4.78, 5) is 14.3. The minimum absolute atomic E-state index is 0.0703. The van der Waals surface area contributed by atoms with Gasteiger partial charge in [-0.2, -0.15) is 8.42 Å². The van der Waals surface area contributed by atoms with E-state index >= 15 is 0 Å². The molecule has 2 rings (SSSR count). The molecule has 2 unspecified atom stereocenters. The van der Waals surface area contributed by atoms with E-state index in [1.54, 1.807) is 4.90 Å². The first-order valence-corrected chi connectivity index (χ1v) is 11.4. The lowest BCUT2D eigenvalue weighted by Crippen LogP contribution is -2.50. The Kier molecular flexibility index (Phi) is 7.10. The van der Waals surface area contributed by atoms with Crippen molar-refractivity contribution in [1.29, 1.82) is 0 Å². The van der Waals surface area contributed by atoms with Crippen molar-refractivity contribution in [1.82, 2.24) is 4.90 Å². The largest absolute Gasteiger partial charge is 0.443 e. The molecule has 1 aromatic rings. The summed E-state index contributed by atoms with van der Waals surface area (Å²) in [5, 5.41) is 0. The SMILES string of the molecule is CCC1(CCCOS(C)(=O)=O)CCN(C(C)c2ccc(Br)cc2)C(=O)O1. The van der Waals surface area contributed by atoms with E-state index in [2.05, 4.69) is 15.9 Å². The molecule has 6 nitrogen and oxygen atoms in total. The third-order valence-corrected chi connectivity index (χ3v) is 6.01. The maximum atomic E-state index is 12.6. The Morgan fingerprint density at radius 3 is 2.54 bits per heavy atom. The van der Waals surface area contributed by atoms with Crippen molar-refractivity contribution in [3.8, 4) is 0 Å². The molecule has 0 N–H and O–H groups in total. The average Bonchev–Trinajstić information content (AvgIpc) is 2.58. The van der Waals surface area contributed by atoms with Crippen LogP contribution in [0, 0.1) is 0 Å². The van der Waals surface area contributed by atoms with Crippen molar-refractivity contribution in [3.05, 3.63) is 34.3 Å². The molecule has 1 aromatic carbocycles. The number of benzene rings is 1. The Balaban J connectivity index is 1.96. The van der Waals surface area contributed by atoms with Gasteiger partial charge >= 0.3 is 6.09 Å². The molecule has 2 atom stereocenters. The van der Waals surface area contributed by atoms with Gasteiger partial charge in [0.05, 0.1) is 18.9 Å². The minimum Gasteiger partial charge on any atom is -0.443 e. The standard InChI is InChI=1S/C18H26BrNO5S/c1-4-18(10-5-13-24-26(3,22)23)11-12-20(17(21)25-18)14(2)15-6-8-16(19)9-7-15/h6-9,14H,4-5,10-13H2,1-3H3. The molecule has 0 aliphatic carbocycles. The van der Waals surface area contributed by atoms with Crippen LogP contribution in [0.1, 0.15) is 51.1 Å². The molecule has 0 bridgehead atoms. The van der Waals surface area contributed by atoms with Gasteiger partial charge in [0.2, 0.25) is 0 Å². The lowest BCUT2D eigenvalue weighted by molar-refractivity contribution is -0.0649. The van der Waals surface area contributed by atoms with Gasteiger partial charge in [0.25, 0.3) is 10.1 Å². The molecular formula is C18H26BrNO5S. The van der Waals surface area contributed by atoms with Crippen molar-refractivity contribution >= 4 is 32.1 Å². The molecule has 0 spiro atoms. The van der Waals surface area contributed by atoms with Gasteiger partial charge < -0.3 is 9.64 Å². The van der Waals surface area contributed by atoms with Crippen molar-refractivity contribution < 1.29 is 22.1 Å². The van der Waals surface area contributed by atoms with Crippen LogP contribution in [-0.4, -0.2) is 44.4 Å². The van der Waals surface area contributed by atoms with E-state index in [4.69, 9.17) is 8.92 Å².